The van der Waals surface area contributed by atoms with Gasteiger partial charge >= 0.3 is 0 Å². The number of amides is 1. The lowest BCUT2D eigenvalue weighted by Gasteiger charge is -2.26. The molecule has 0 saturated carbocycles. The molecule has 2 rings (SSSR count). The SMILES string of the molecule is O=C(CCNc1ccc(Br)cc1)N1CCCCC1. The first-order chi connectivity index (χ1) is 8.75. The zero-order valence-electron chi connectivity index (χ0n) is 10.5. The summed E-state index contributed by atoms with van der Waals surface area (Å²) < 4.78 is 1.07. The summed E-state index contributed by atoms with van der Waals surface area (Å²) in [5.74, 6) is 0.277. The third-order valence-electron chi connectivity index (χ3n) is 3.22. The monoisotopic (exact) mass is 310 g/mol. The lowest BCUT2D eigenvalue weighted by Crippen LogP contribution is -2.36. The number of carbonyl (C=O) groups excluding carboxylic acids is 1. The van der Waals surface area contributed by atoms with Crippen molar-refractivity contribution >= 4 is 27.5 Å². The fourth-order valence-corrected chi connectivity index (χ4v) is 2.45. The molecule has 1 fully saturated rings. The molecule has 1 aliphatic rings. The highest BCUT2D eigenvalue weighted by Gasteiger charge is 2.15. The molecule has 4 heteroatoms. The van der Waals surface area contributed by atoms with E-state index >= 15 is 0 Å². The number of nitrogens with zero attached hydrogens (tertiary/aromatic N) is 1. The first-order valence-corrected chi connectivity index (χ1v) is 7.32. The van der Waals surface area contributed by atoms with Crippen molar-refractivity contribution in [2.45, 2.75) is 25.7 Å². The number of carbonyl (C=O) groups is 1. The molecular weight excluding hydrogens is 292 g/mol. The fourth-order valence-electron chi connectivity index (χ4n) is 2.18. The van der Waals surface area contributed by atoms with Gasteiger partial charge in [-0.05, 0) is 43.5 Å². The van der Waals surface area contributed by atoms with Gasteiger partial charge in [0, 0.05) is 36.2 Å². The molecule has 0 aromatic heterocycles. The van der Waals surface area contributed by atoms with Crippen molar-refractivity contribution in [1.29, 1.82) is 0 Å². The van der Waals surface area contributed by atoms with Gasteiger partial charge < -0.3 is 10.2 Å². The lowest BCUT2D eigenvalue weighted by atomic mass is 10.1. The second-order valence-electron chi connectivity index (χ2n) is 4.63. The first kappa shape index (κ1) is 13.4. The van der Waals surface area contributed by atoms with Crippen LogP contribution in [0.3, 0.4) is 0 Å². The first-order valence-electron chi connectivity index (χ1n) is 6.53. The van der Waals surface area contributed by atoms with Crippen LogP contribution in [0, 0.1) is 0 Å². The summed E-state index contributed by atoms with van der Waals surface area (Å²) in [4.78, 5) is 13.9. The molecule has 1 aromatic rings. The van der Waals surface area contributed by atoms with E-state index in [0.29, 0.717) is 13.0 Å². The van der Waals surface area contributed by atoms with E-state index < -0.39 is 0 Å². The largest absolute Gasteiger partial charge is 0.385 e. The molecule has 3 nitrogen and oxygen atoms in total. The maximum Gasteiger partial charge on any atom is 0.224 e. The highest BCUT2D eigenvalue weighted by Crippen LogP contribution is 2.14. The highest BCUT2D eigenvalue weighted by atomic mass is 79.9. The number of likely N-dealkylation sites (tertiary alicyclic amines) is 1. The summed E-state index contributed by atoms with van der Waals surface area (Å²) in [5, 5.41) is 3.27. The van der Waals surface area contributed by atoms with Crippen molar-refractivity contribution in [2.24, 2.45) is 0 Å². The van der Waals surface area contributed by atoms with E-state index in [1.807, 2.05) is 29.2 Å². The van der Waals surface area contributed by atoms with E-state index in [0.717, 1.165) is 36.1 Å². The van der Waals surface area contributed by atoms with Crippen molar-refractivity contribution in [3.05, 3.63) is 28.7 Å². The number of anilines is 1. The van der Waals surface area contributed by atoms with E-state index in [4.69, 9.17) is 0 Å². The van der Waals surface area contributed by atoms with Gasteiger partial charge in [0.2, 0.25) is 5.91 Å². The molecule has 0 atom stereocenters. The predicted octanol–water partition coefficient (Wildman–Crippen LogP) is 3.26. The Labute approximate surface area is 117 Å². The van der Waals surface area contributed by atoms with Gasteiger partial charge in [-0.1, -0.05) is 15.9 Å². The second kappa shape index (κ2) is 6.78. The van der Waals surface area contributed by atoms with Gasteiger partial charge in [0.05, 0.1) is 0 Å². The van der Waals surface area contributed by atoms with Crippen LogP contribution in [0.1, 0.15) is 25.7 Å². The Balaban J connectivity index is 1.71. The predicted molar refractivity (Wildman–Crippen MR) is 77.7 cm³/mol. The van der Waals surface area contributed by atoms with Gasteiger partial charge in [-0.15, -0.1) is 0 Å². The average molecular weight is 311 g/mol. The molecule has 0 spiro atoms. The summed E-state index contributed by atoms with van der Waals surface area (Å²) in [6, 6.07) is 8.01. The van der Waals surface area contributed by atoms with Gasteiger partial charge in [0.25, 0.3) is 0 Å². The van der Waals surface area contributed by atoms with Gasteiger partial charge in [0.15, 0.2) is 0 Å². The fraction of sp³-hybridized carbons (Fsp3) is 0.500. The Morgan fingerprint density at radius 1 is 1.17 bits per heavy atom. The molecule has 1 N–H and O–H groups in total. The van der Waals surface area contributed by atoms with Crippen molar-refractivity contribution < 1.29 is 4.79 Å². The quantitative estimate of drug-likeness (QED) is 0.925. The standard InChI is InChI=1S/C14H19BrN2O/c15-12-4-6-13(7-5-12)16-9-8-14(18)17-10-2-1-3-11-17/h4-7,16H,1-3,8-11H2. The van der Waals surface area contributed by atoms with Gasteiger partial charge in [-0.2, -0.15) is 0 Å². The zero-order valence-corrected chi connectivity index (χ0v) is 12.1. The number of rotatable bonds is 4. The van der Waals surface area contributed by atoms with Gasteiger partial charge in [0.1, 0.15) is 0 Å². The van der Waals surface area contributed by atoms with E-state index in [1.54, 1.807) is 0 Å². The third-order valence-corrected chi connectivity index (χ3v) is 3.75. The number of hydrogen-bond acceptors (Lipinski definition) is 2. The number of halogens is 1. The maximum atomic E-state index is 11.9. The molecule has 0 aliphatic carbocycles. The molecule has 18 heavy (non-hydrogen) atoms. The van der Waals surface area contributed by atoms with Crippen molar-refractivity contribution in [3.8, 4) is 0 Å². The van der Waals surface area contributed by atoms with Crippen LogP contribution in [0.25, 0.3) is 0 Å². The smallest absolute Gasteiger partial charge is 0.224 e. The van der Waals surface area contributed by atoms with Crippen molar-refractivity contribution in [1.82, 2.24) is 4.90 Å². The number of benzene rings is 1. The van der Waals surface area contributed by atoms with Gasteiger partial charge in [-0.3, -0.25) is 4.79 Å². The van der Waals surface area contributed by atoms with E-state index in [2.05, 4.69) is 21.2 Å². The van der Waals surface area contributed by atoms with Crippen LogP contribution in [0.15, 0.2) is 28.7 Å². The van der Waals surface area contributed by atoms with Crippen LogP contribution in [0.2, 0.25) is 0 Å². The Bertz CT molecular complexity index is 385. The van der Waals surface area contributed by atoms with E-state index in [9.17, 15) is 4.79 Å². The minimum absolute atomic E-state index is 0.277. The third kappa shape index (κ3) is 4.02. The lowest BCUT2D eigenvalue weighted by molar-refractivity contribution is -0.131. The molecule has 0 unspecified atom stereocenters. The van der Waals surface area contributed by atoms with Gasteiger partial charge in [-0.25, -0.2) is 0 Å². The number of piperidine rings is 1. The molecule has 1 amide bonds. The molecule has 1 saturated heterocycles. The minimum atomic E-state index is 0.277. The summed E-state index contributed by atoms with van der Waals surface area (Å²) in [5.41, 5.74) is 1.06. The highest BCUT2D eigenvalue weighted by molar-refractivity contribution is 9.10. The zero-order chi connectivity index (χ0) is 12.8. The van der Waals surface area contributed by atoms with Crippen molar-refractivity contribution in [2.75, 3.05) is 25.0 Å². The Kier molecular flexibility index (Phi) is 5.05. The second-order valence-corrected chi connectivity index (χ2v) is 5.54. The number of nitrogens with one attached hydrogen (secondary N) is 1. The maximum absolute atomic E-state index is 11.9. The Morgan fingerprint density at radius 3 is 2.50 bits per heavy atom. The Hall–Kier alpha value is -1.03. The molecule has 1 aliphatic heterocycles. The molecule has 0 bridgehead atoms. The van der Waals surface area contributed by atoms with Crippen LogP contribution in [-0.4, -0.2) is 30.4 Å². The number of hydrogen-bond donors (Lipinski definition) is 1. The Morgan fingerprint density at radius 2 is 1.83 bits per heavy atom. The normalized spacial score (nSPS) is 15.5. The molecular formula is C14H19BrN2O. The topological polar surface area (TPSA) is 32.3 Å². The van der Waals surface area contributed by atoms with Crippen LogP contribution in [-0.2, 0) is 4.79 Å². The average Bonchev–Trinajstić information content (AvgIpc) is 2.42. The molecule has 1 aromatic carbocycles. The van der Waals surface area contributed by atoms with E-state index in [1.165, 1.54) is 6.42 Å². The molecule has 98 valence electrons. The molecule has 0 radical (unpaired) electrons. The van der Waals surface area contributed by atoms with Crippen LogP contribution < -0.4 is 5.32 Å². The summed E-state index contributed by atoms with van der Waals surface area (Å²) >= 11 is 3.40. The van der Waals surface area contributed by atoms with E-state index in [-0.39, 0.29) is 5.91 Å². The van der Waals surface area contributed by atoms with Crippen LogP contribution >= 0.6 is 15.9 Å². The van der Waals surface area contributed by atoms with Crippen molar-refractivity contribution in [3.63, 3.8) is 0 Å². The summed E-state index contributed by atoms with van der Waals surface area (Å²) in [6.07, 6.45) is 4.16. The minimum Gasteiger partial charge on any atom is -0.385 e. The molecule has 1 heterocycles. The summed E-state index contributed by atoms with van der Waals surface area (Å²) in [7, 11) is 0. The van der Waals surface area contributed by atoms with Crippen LogP contribution in [0.5, 0.6) is 0 Å². The van der Waals surface area contributed by atoms with Crippen LogP contribution in [0.4, 0.5) is 5.69 Å². The summed E-state index contributed by atoms with van der Waals surface area (Å²) in [6.45, 7) is 2.59.